The summed E-state index contributed by atoms with van der Waals surface area (Å²) in [6.07, 6.45) is 8.73. The maximum Gasteiger partial charge on any atom is 0.226 e. The first-order valence-corrected chi connectivity index (χ1v) is 11.6. The molecule has 5 aromatic heterocycles. The average Bonchev–Trinajstić information content (AvgIpc) is 3.53. The van der Waals surface area contributed by atoms with Crippen molar-refractivity contribution in [3.63, 3.8) is 0 Å². The molecule has 9 nitrogen and oxygen atoms in total. The summed E-state index contributed by atoms with van der Waals surface area (Å²) in [6.45, 7) is 3.71. The van der Waals surface area contributed by atoms with Crippen molar-refractivity contribution < 1.29 is 4.79 Å². The van der Waals surface area contributed by atoms with Crippen LogP contribution in [0.5, 0.6) is 0 Å². The number of carbonyl (C=O) groups excluding carboxylic acids is 1. The molecule has 176 valence electrons. The van der Waals surface area contributed by atoms with Gasteiger partial charge in [-0.05, 0) is 35.9 Å². The molecule has 0 unspecified atom stereocenters. The zero-order valence-electron chi connectivity index (χ0n) is 19.6. The van der Waals surface area contributed by atoms with Crippen molar-refractivity contribution in [2.24, 2.45) is 5.92 Å². The number of imidazole rings is 1. The SMILES string of the molecule is CC(C)C(=O)Nc1cncc(-c2ccc3[nH]nc(-c4nc5c(-c6cccnc6)ccnc5[nH]4)c3c2)c1. The summed E-state index contributed by atoms with van der Waals surface area (Å²) in [4.78, 5) is 33.3. The third kappa shape index (κ3) is 3.86. The van der Waals surface area contributed by atoms with Crippen LogP contribution in [0.15, 0.2) is 73.4 Å². The van der Waals surface area contributed by atoms with E-state index in [0.29, 0.717) is 22.9 Å². The van der Waals surface area contributed by atoms with Crippen molar-refractivity contribution in [2.45, 2.75) is 13.8 Å². The fraction of sp³-hybridized carbons (Fsp3) is 0.111. The maximum atomic E-state index is 12.1. The number of nitrogens with zero attached hydrogens (tertiary/aromatic N) is 5. The van der Waals surface area contributed by atoms with E-state index >= 15 is 0 Å². The van der Waals surface area contributed by atoms with E-state index < -0.39 is 0 Å². The highest BCUT2D eigenvalue weighted by atomic mass is 16.1. The highest BCUT2D eigenvalue weighted by molar-refractivity contribution is 5.98. The normalized spacial score (nSPS) is 11.4. The summed E-state index contributed by atoms with van der Waals surface area (Å²) < 4.78 is 0. The minimum atomic E-state index is -0.115. The molecular weight excluding hydrogens is 452 g/mol. The molecule has 0 radical (unpaired) electrons. The number of hydrogen-bond donors (Lipinski definition) is 3. The van der Waals surface area contributed by atoms with Crippen molar-refractivity contribution in [1.29, 1.82) is 0 Å². The van der Waals surface area contributed by atoms with Gasteiger partial charge in [-0.3, -0.25) is 19.9 Å². The highest BCUT2D eigenvalue weighted by Crippen LogP contribution is 2.32. The summed E-state index contributed by atoms with van der Waals surface area (Å²) in [7, 11) is 0. The molecule has 0 saturated heterocycles. The molecule has 1 amide bonds. The Bertz CT molecular complexity index is 1720. The number of hydrogen-bond acceptors (Lipinski definition) is 6. The van der Waals surface area contributed by atoms with Gasteiger partial charge in [-0.1, -0.05) is 26.0 Å². The van der Waals surface area contributed by atoms with Crippen LogP contribution in [0.3, 0.4) is 0 Å². The largest absolute Gasteiger partial charge is 0.324 e. The Morgan fingerprint density at radius 2 is 1.83 bits per heavy atom. The van der Waals surface area contributed by atoms with E-state index in [-0.39, 0.29) is 11.8 Å². The lowest BCUT2D eigenvalue weighted by atomic mass is 10.0. The van der Waals surface area contributed by atoms with Crippen molar-refractivity contribution in [1.82, 2.24) is 35.1 Å². The Morgan fingerprint density at radius 1 is 0.944 bits per heavy atom. The van der Waals surface area contributed by atoms with Crippen LogP contribution in [-0.2, 0) is 4.79 Å². The summed E-state index contributed by atoms with van der Waals surface area (Å²) in [5.74, 6) is 0.453. The second-order valence-corrected chi connectivity index (χ2v) is 8.82. The first kappa shape index (κ1) is 21.6. The lowest BCUT2D eigenvalue weighted by molar-refractivity contribution is -0.118. The number of aromatic amines is 2. The Labute approximate surface area is 206 Å². The van der Waals surface area contributed by atoms with Gasteiger partial charge in [-0.15, -0.1) is 0 Å². The van der Waals surface area contributed by atoms with E-state index in [2.05, 4.69) is 35.5 Å². The summed E-state index contributed by atoms with van der Waals surface area (Å²) in [6, 6.07) is 13.8. The van der Waals surface area contributed by atoms with Crippen LogP contribution in [0.4, 0.5) is 5.69 Å². The van der Waals surface area contributed by atoms with Crippen LogP contribution in [0.25, 0.3) is 55.8 Å². The first-order chi connectivity index (χ1) is 17.6. The number of amides is 1. The van der Waals surface area contributed by atoms with Crippen molar-refractivity contribution in [3.05, 3.63) is 73.4 Å². The molecule has 0 spiro atoms. The Hall–Kier alpha value is -4.92. The zero-order valence-corrected chi connectivity index (χ0v) is 19.6. The smallest absolute Gasteiger partial charge is 0.226 e. The van der Waals surface area contributed by atoms with Gasteiger partial charge in [0.1, 0.15) is 11.2 Å². The molecule has 3 N–H and O–H groups in total. The third-order valence-corrected chi connectivity index (χ3v) is 6.01. The van der Waals surface area contributed by atoms with Gasteiger partial charge in [-0.25, -0.2) is 9.97 Å². The first-order valence-electron chi connectivity index (χ1n) is 11.6. The van der Waals surface area contributed by atoms with Crippen LogP contribution in [0.2, 0.25) is 0 Å². The highest BCUT2D eigenvalue weighted by Gasteiger charge is 2.17. The fourth-order valence-electron chi connectivity index (χ4n) is 4.10. The fourth-order valence-corrected chi connectivity index (χ4v) is 4.10. The molecule has 0 atom stereocenters. The molecule has 0 saturated carbocycles. The molecule has 6 aromatic rings. The van der Waals surface area contributed by atoms with Gasteiger partial charge in [0.2, 0.25) is 5.91 Å². The Balaban J connectivity index is 1.41. The van der Waals surface area contributed by atoms with Crippen molar-refractivity contribution >= 4 is 33.7 Å². The Kier molecular flexibility index (Phi) is 5.22. The van der Waals surface area contributed by atoms with Gasteiger partial charge in [0.15, 0.2) is 11.5 Å². The van der Waals surface area contributed by atoms with E-state index in [1.54, 1.807) is 24.8 Å². The number of pyridine rings is 3. The topological polar surface area (TPSA) is 125 Å². The lowest BCUT2D eigenvalue weighted by Crippen LogP contribution is -2.17. The van der Waals surface area contributed by atoms with E-state index in [0.717, 1.165) is 38.7 Å². The monoisotopic (exact) mass is 474 g/mol. The van der Waals surface area contributed by atoms with Gasteiger partial charge >= 0.3 is 0 Å². The van der Waals surface area contributed by atoms with Crippen molar-refractivity contribution in [2.75, 3.05) is 5.32 Å². The quantitative estimate of drug-likeness (QED) is 0.315. The number of benzene rings is 1. The zero-order chi connectivity index (χ0) is 24.6. The predicted molar refractivity (Wildman–Crippen MR) is 139 cm³/mol. The van der Waals surface area contributed by atoms with Gasteiger partial charge in [0, 0.05) is 52.8 Å². The van der Waals surface area contributed by atoms with E-state index in [9.17, 15) is 4.79 Å². The molecule has 6 rings (SSSR count). The molecule has 0 aliphatic heterocycles. The van der Waals surface area contributed by atoms with Gasteiger partial charge in [0.25, 0.3) is 0 Å². The Morgan fingerprint density at radius 3 is 2.67 bits per heavy atom. The number of fused-ring (bicyclic) bond motifs is 2. The third-order valence-electron chi connectivity index (χ3n) is 6.01. The van der Waals surface area contributed by atoms with Crippen LogP contribution in [0.1, 0.15) is 13.8 Å². The number of carbonyl (C=O) groups is 1. The minimum Gasteiger partial charge on any atom is -0.324 e. The predicted octanol–water partition coefficient (Wildman–Crippen LogP) is 5.22. The molecular formula is C27H22N8O. The van der Waals surface area contributed by atoms with Crippen LogP contribution in [0, 0.1) is 5.92 Å². The van der Waals surface area contributed by atoms with Crippen LogP contribution in [-0.4, -0.2) is 41.0 Å². The summed E-state index contributed by atoms with van der Waals surface area (Å²) in [5, 5.41) is 11.5. The molecule has 36 heavy (non-hydrogen) atoms. The number of aromatic nitrogens is 7. The van der Waals surface area contributed by atoms with E-state index in [4.69, 9.17) is 4.98 Å². The van der Waals surface area contributed by atoms with Crippen molar-refractivity contribution in [3.8, 4) is 33.8 Å². The minimum absolute atomic E-state index is 0.0503. The number of rotatable bonds is 5. The van der Waals surface area contributed by atoms with E-state index in [1.807, 2.05) is 62.5 Å². The molecule has 5 heterocycles. The molecule has 1 aromatic carbocycles. The second kappa shape index (κ2) is 8.70. The molecule has 0 aliphatic rings. The molecule has 0 fully saturated rings. The summed E-state index contributed by atoms with van der Waals surface area (Å²) in [5.41, 5.74) is 7.41. The molecule has 9 heteroatoms. The second-order valence-electron chi connectivity index (χ2n) is 8.82. The lowest BCUT2D eigenvalue weighted by Gasteiger charge is -2.09. The van der Waals surface area contributed by atoms with Gasteiger partial charge < -0.3 is 10.3 Å². The number of H-pyrrole nitrogens is 2. The number of anilines is 1. The van der Waals surface area contributed by atoms with E-state index in [1.165, 1.54) is 0 Å². The molecule has 0 bridgehead atoms. The van der Waals surface area contributed by atoms with Crippen LogP contribution < -0.4 is 5.32 Å². The molecule has 0 aliphatic carbocycles. The number of nitrogens with one attached hydrogen (secondary N) is 3. The maximum absolute atomic E-state index is 12.1. The van der Waals surface area contributed by atoms with Gasteiger partial charge in [-0.2, -0.15) is 5.10 Å². The van der Waals surface area contributed by atoms with Gasteiger partial charge in [0.05, 0.1) is 17.4 Å². The summed E-state index contributed by atoms with van der Waals surface area (Å²) >= 11 is 0. The standard InChI is InChI=1S/C27H22N8O/c1-15(2)27(36)31-19-10-18(13-29-14-19)16-5-6-22-21(11-16)24(35-34-22)26-32-23-20(7-9-30-25(23)33-26)17-4-3-8-28-12-17/h3-15H,1-2H3,(H,31,36)(H,34,35)(H,30,32,33). The average molecular weight is 475 g/mol. The van der Waals surface area contributed by atoms with Crippen LogP contribution >= 0.6 is 0 Å².